The molecule has 1 unspecified atom stereocenters. The van der Waals surface area contributed by atoms with E-state index in [1.165, 1.54) is 0 Å². The first-order chi connectivity index (χ1) is 9.71. The zero-order chi connectivity index (χ0) is 14.5. The molecular weight excluding hydrogens is 254 g/mol. The third-order valence-electron chi connectivity index (χ3n) is 3.40. The minimum Gasteiger partial charge on any atom is -0.497 e. The molecule has 0 fully saturated rings. The highest BCUT2D eigenvalue weighted by atomic mass is 16.5. The lowest BCUT2D eigenvalue weighted by Gasteiger charge is -2.13. The van der Waals surface area contributed by atoms with Gasteiger partial charge in [0, 0.05) is 26.3 Å². The van der Waals surface area contributed by atoms with E-state index in [0.29, 0.717) is 6.61 Å². The van der Waals surface area contributed by atoms with Crippen molar-refractivity contribution in [3.63, 3.8) is 0 Å². The molecule has 0 bridgehead atoms. The van der Waals surface area contributed by atoms with Crippen LogP contribution in [-0.4, -0.2) is 30.4 Å². The van der Waals surface area contributed by atoms with Crippen molar-refractivity contribution < 1.29 is 9.47 Å². The van der Waals surface area contributed by atoms with Crippen molar-refractivity contribution in [2.75, 3.05) is 20.8 Å². The van der Waals surface area contributed by atoms with Crippen molar-refractivity contribution in [2.24, 2.45) is 5.73 Å². The highest BCUT2D eigenvalue weighted by Crippen LogP contribution is 2.25. The van der Waals surface area contributed by atoms with E-state index in [2.05, 4.69) is 11.5 Å². The summed E-state index contributed by atoms with van der Waals surface area (Å²) in [5.41, 5.74) is 8.29. The summed E-state index contributed by atoms with van der Waals surface area (Å²) in [6, 6.07) is 5.85. The zero-order valence-electron chi connectivity index (χ0n) is 12.4. The summed E-state index contributed by atoms with van der Waals surface area (Å²) in [4.78, 5) is 4.70. The number of aryl methyl sites for hydroxylation is 1. The van der Waals surface area contributed by atoms with Crippen LogP contribution in [0.4, 0.5) is 0 Å². The van der Waals surface area contributed by atoms with E-state index in [1.807, 2.05) is 18.2 Å². The van der Waals surface area contributed by atoms with Gasteiger partial charge < -0.3 is 19.8 Å². The second kappa shape index (κ2) is 6.72. The molecule has 1 aromatic heterocycles. The van der Waals surface area contributed by atoms with E-state index in [4.69, 9.17) is 20.2 Å². The van der Waals surface area contributed by atoms with Crippen molar-refractivity contribution in [1.29, 1.82) is 0 Å². The zero-order valence-corrected chi connectivity index (χ0v) is 12.4. The lowest BCUT2D eigenvalue weighted by Crippen LogP contribution is -2.18. The van der Waals surface area contributed by atoms with Crippen LogP contribution in [0, 0.1) is 0 Å². The standard InChI is InChI=1S/C15H23N3O2/c1-4-8-18-14-6-5-11(20-3)10-13(14)17-15(18)12(16)7-9-19-2/h5-6,10,12H,4,7-9,16H2,1-3H3. The Balaban J connectivity index is 2.43. The van der Waals surface area contributed by atoms with E-state index in [-0.39, 0.29) is 6.04 Å². The van der Waals surface area contributed by atoms with E-state index in [9.17, 15) is 0 Å². The summed E-state index contributed by atoms with van der Waals surface area (Å²) < 4.78 is 12.6. The molecule has 2 N–H and O–H groups in total. The van der Waals surface area contributed by atoms with Crippen LogP contribution in [0.5, 0.6) is 5.75 Å². The molecule has 5 heteroatoms. The Kier molecular flexibility index (Phi) is 4.98. The predicted octanol–water partition coefficient (Wildman–Crippen LogP) is 2.49. The van der Waals surface area contributed by atoms with Gasteiger partial charge in [0.25, 0.3) is 0 Å². The minimum absolute atomic E-state index is 0.111. The van der Waals surface area contributed by atoms with Crippen molar-refractivity contribution in [1.82, 2.24) is 9.55 Å². The van der Waals surface area contributed by atoms with Crippen LogP contribution >= 0.6 is 0 Å². The number of hydrogen-bond donors (Lipinski definition) is 1. The maximum absolute atomic E-state index is 6.25. The summed E-state index contributed by atoms with van der Waals surface area (Å²) in [6.45, 7) is 3.71. The molecule has 2 rings (SSSR count). The van der Waals surface area contributed by atoms with Crippen LogP contribution in [0.1, 0.15) is 31.6 Å². The maximum atomic E-state index is 6.25. The topological polar surface area (TPSA) is 62.3 Å². The molecule has 0 spiro atoms. The van der Waals surface area contributed by atoms with Gasteiger partial charge in [-0.1, -0.05) is 6.92 Å². The van der Waals surface area contributed by atoms with Crippen molar-refractivity contribution in [3.8, 4) is 5.75 Å². The van der Waals surface area contributed by atoms with Gasteiger partial charge in [-0.3, -0.25) is 0 Å². The van der Waals surface area contributed by atoms with Gasteiger partial charge in [-0.05, 0) is 25.0 Å². The minimum atomic E-state index is -0.111. The Morgan fingerprint density at radius 1 is 1.35 bits per heavy atom. The number of nitrogens with zero attached hydrogens (tertiary/aromatic N) is 2. The predicted molar refractivity (Wildman–Crippen MR) is 80.0 cm³/mol. The summed E-state index contributed by atoms with van der Waals surface area (Å²) in [7, 11) is 3.35. The SMILES string of the molecule is CCCn1c(C(N)CCOC)nc2cc(OC)ccc21. The third kappa shape index (κ3) is 2.94. The fourth-order valence-electron chi connectivity index (χ4n) is 2.37. The lowest BCUT2D eigenvalue weighted by atomic mass is 10.2. The average Bonchev–Trinajstić information content (AvgIpc) is 2.83. The molecule has 110 valence electrons. The van der Waals surface area contributed by atoms with Crippen molar-refractivity contribution in [3.05, 3.63) is 24.0 Å². The Morgan fingerprint density at radius 2 is 2.15 bits per heavy atom. The van der Waals surface area contributed by atoms with E-state index >= 15 is 0 Å². The largest absolute Gasteiger partial charge is 0.497 e. The van der Waals surface area contributed by atoms with Crippen LogP contribution in [0.3, 0.4) is 0 Å². The molecule has 5 nitrogen and oxygen atoms in total. The average molecular weight is 277 g/mol. The van der Waals surface area contributed by atoms with Gasteiger partial charge in [0.15, 0.2) is 0 Å². The second-order valence-electron chi connectivity index (χ2n) is 4.86. The summed E-state index contributed by atoms with van der Waals surface area (Å²) in [6.07, 6.45) is 1.81. The van der Waals surface area contributed by atoms with Gasteiger partial charge in [0.05, 0.1) is 24.2 Å². The van der Waals surface area contributed by atoms with E-state index < -0.39 is 0 Å². The van der Waals surface area contributed by atoms with Gasteiger partial charge in [0.2, 0.25) is 0 Å². The van der Waals surface area contributed by atoms with Crippen LogP contribution in [0.25, 0.3) is 11.0 Å². The molecule has 20 heavy (non-hydrogen) atoms. The van der Waals surface area contributed by atoms with Gasteiger partial charge in [-0.25, -0.2) is 4.98 Å². The molecule has 2 aromatic rings. The number of nitrogens with two attached hydrogens (primary N) is 1. The van der Waals surface area contributed by atoms with Gasteiger partial charge >= 0.3 is 0 Å². The van der Waals surface area contributed by atoms with Crippen LogP contribution < -0.4 is 10.5 Å². The molecule has 0 radical (unpaired) electrons. The number of hydrogen-bond acceptors (Lipinski definition) is 4. The molecule has 0 amide bonds. The van der Waals surface area contributed by atoms with Crippen molar-refractivity contribution in [2.45, 2.75) is 32.4 Å². The summed E-state index contributed by atoms with van der Waals surface area (Å²) in [5, 5.41) is 0. The molecular formula is C15H23N3O2. The Morgan fingerprint density at radius 3 is 2.80 bits per heavy atom. The van der Waals surface area contributed by atoms with E-state index in [1.54, 1.807) is 14.2 Å². The molecule has 1 aromatic carbocycles. The Hall–Kier alpha value is -1.59. The highest BCUT2D eigenvalue weighted by Gasteiger charge is 2.16. The number of ether oxygens (including phenoxy) is 2. The third-order valence-corrected chi connectivity index (χ3v) is 3.40. The molecule has 0 saturated carbocycles. The quantitative estimate of drug-likeness (QED) is 0.844. The first-order valence-corrected chi connectivity index (χ1v) is 7.00. The maximum Gasteiger partial charge on any atom is 0.126 e. The van der Waals surface area contributed by atoms with Gasteiger partial charge in [-0.15, -0.1) is 0 Å². The molecule has 0 aliphatic carbocycles. The van der Waals surface area contributed by atoms with Crippen LogP contribution in [-0.2, 0) is 11.3 Å². The first kappa shape index (κ1) is 14.8. The molecule has 0 aliphatic heterocycles. The molecule has 1 atom stereocenters. The summed E-state index contributed by atoms with van der Waals surface area (Å²) in [5.74, 6) is 1.74. The highest BCUT2D eigenvalue weighted by molar-refractivity contribution is 5.78. The Bertz CT molecular complexity index is 565. The summed E-state index contributed by atoms with van der Waals surface area (Å²) >= 11 is 0. The number of benzene rings is 1. The van der Waals surface area contributed by atoms with Gasteiger partial charge in [0.1, 0.15) is 11.6 Å². The number of methoxy groups -OCH3 is 2. The normalized spacial score (nSPS) is 12.8. The molecule has 1 heterocycles. The van der Waals surface area contributed by atoms with Gasteiger partial charge in [-0.2, -0.15) is 0 Å². The Labute approximate surface area is 119 Å². The van der Waals surface area contributed by atoms with E-state index in [0.717, 1.165) is 42.0 Å². The van der Waals surface area contributed by atoms with Crippen LogP contribution in [0.15, 0.2) is 18.2 Å². The monoisotopic (exact) mass is 277 g/mol. The smallest absolute Gasteiger partial charge is 0.126 e. The van der Waals surface area contributed by atoms with Crippen LogP contribution in [0.2, 0.25) is 0 Å². The second-order valence-corrected chi connectivity index (χ2v) is 4.86. The molecule has 0 saturated heterocycles. The number of fused-ring (bicyclic) bond motifs is 1. The number of rotatable bonds is 7. The molecule has 0 aliphatic rings. The van der Waals surface area contributed by atoms with Crippen molar-refractivity contribution >= 4 is 11.0 Å². The fourth-order valence-corrected chi connectivity index (χ4v) is 2.37. The number of imidazole rings is 1. The fraction of sp³-hybridized carbons (Fsp3) is 0.533. The lowest BCUT2D eigenvalue weighted by molar-refractivity contribution is 0.186. The first-order valence-electron chi connectivity index (χ1n) is 7.00. The number of aromatic nitrogens is 2.